The number of allylic oxidation sites excluding steroid dienone is 1. The van der Waals surface area contributed by atoms with Crippen LogP contribution in [0.1, 0.15) is 24.2 Å². The summed E-state index contributed by atoms with van der Waals surface area (Å²) in [7, 11) is 5.00. The zero-order chi connectivity index (χ0) is 31.4. The number of para-hydroxylation sites is 1. The van der Waals surface area contributed by atoms with Crippen molar-refractivity contribution in [1.29, 1.82) is 0 Å². The smallest absolute Gasteiger partial charge is 0.269 e. The molecule has 0 atom stereocenters. The van der Waals surface area contributed by atoms with Gasteiger partial charge in [0.2, 0.25) is 5.91 Å². The molecule has 2 amide bonds. The summed E-state index contributed by atoms with van der Waals surface area (Å²) in [5.41, 5.74) is 16.4. The summed E-state index contributed by atoms with van der Waals surface area (Å²) in [4.78, 5) is 34.8. The highest BCUT2D eigenvalue weighted by atomic mass is 16.5. The molecule has 1 aliphatic rings. The van der Waals surface area contributed by atoms with Crippen LogP contribution in [0.15, 0.2) is 97.0 Å². The third-order valence-corrected chi connectivity index (χ3v) is 6.44. The number of amides is 2. The molecule has 4 rings (SSSR count). The molecular formula is C32H40N8O3. The molecule has 0 bridgehead atoms. The number of nitrogens with two attached hydrogens (primary N) is 2. The van der Waals surface area contributed by atoms with Crippen LogP contribution in [0.2, 0.25) is 0 Å². The van der Waals surface area contributed by atoms with Crippen molar-refractivity contribution in [1.82, 2.24) is 25.5 Å². The highest BCUT2D eigenvalue weighted by Gasteiger charge is 2.29. The van der Waals surface area contributed by atoms with E-state index in [9.17, 15) is 9.59 Å². The first-order valence-corrected chi connectivity index (χ1v) is 13.8. The minimum absolute atomic E-state index is 0.0153. The first-order valence-electron chi connectivity index (χ1n) is 13.8. The number of benzene rings is 1. The second-order valence-corrected chi connectivity index (χ2v) is 9.89. The number of aryl methyl sites for hydroxylation is 1. The number of ether oxygens (including phenoxy) is 1. The average molecular weight is 585 g/mol. The maximum absolute atomic E-state index is 12.2. The molecule has 2 heterocycles. The summed E-state index contributed by atoms with van der Waals surface area (Å²) in [6, 6.07) is 15.3. The van der Waals surface area contributed by atoms with Crippen LogP contribution in [0.5, 0.6) is 5.75 Å². The van der Waals surface area contributed by atoms with Crippen LogP contribution < -0.4 is 32.2 Å². The number of hydrogen-bond donors (Lipinski definition) is 5. The fraction of sp³-hybridized carbons (Fsp3) is 0.250. The molecule has 0 saturated heterocycles. The molecule has 43 heavy (non-hydrogen) atoms. The van der Waals surface area contributed by atoms with Crippen LogP contribution in [0.25, 0.3) is 11.1 Å². The van der Waals surface area contributed by atoms with E-state index < -0.39 is 5.91 Å². The van der Waals surface area contributed by atoms with Gasteiger partial charge in [-0.3, -0.25) is 19.6 Å². The second-order valence-electron chi connectivity index (χ2n) is 9.89. The van der Waals surface area contributed by atoms with Gasteiger partial charge in [0.1, 0.15) is 17.3 Å². The van der Waals surface area contributed by atoms with Gasteiger partial charge in [-0.1, -0.05) is 30.8 Å². The van der Waals surface area contributed by atoms with Crippen LogP contribution in [-0.4, -0.2) is 47.9 Å². The minimum Gasteiger partial charge on any atom is -0.494 e. The number of pyridine rings is 2. The van der Waals surface area contributed by atoms with Crippen LogP contribution in [0.3, 0.4) is 0 Å². The summed E-state index contributed by atoms with van der Waals surface area (Å²) in [6.07, 6.45) is 8.46. The van der Waals surface area contributed by atoms with Crippen molar-refractivity contribution in [2.75, 3.05) is 26.5 Å². The van der Waals surface area contributed by atoms with Crippen LogP contribution >= 0.6 is 0 Å². The topological polar surface area (TPSA) is 161 Å². The maximum atomic E-state index is 12.2. The van der Waals surface area contributed by atoms with Crippen LogP contribution in [0.4, 0.5) is 5.69 Å². The Kier molecular flexibility index (Phi) is 11.7. The lowest BCUT2D eigenvalue weighted by Crippen LogP contribution is -2.31. The SMILES string of the molecule is C=CN(C)Cc1ccccn1.CNC(=O)/C(N)=C(/C=C(\N)NC(=O)C1CC1)Nc1cccc(-c2ccc(C)nc2)c1OC. The summed E-state index contributed by atoms with van der Waals surface area (Å²) >= 11 is 0. The van der Waals surface area contributed by atoms with Gasteiger partial charge in [-0.15, -0.1) is 0 Å². The monoisotopic (exact) mass is 584 g/mol. The fourth-order valence-corrected chi connectivity index (χ4v) is 3.89. The Labute approximate surface area is 252 Å². The minimum atomic E-state index is -0.497. The molecule has 11 nitrogen and oxygen atoms in total. The molecule has 7 N–H and O–H groups in total. The van der Waals surface area contributed by atoms with E-state index in [1.54, 1.807) is 31.8 Å². The molecule has 11 heteroatoms. The Balaban J connectivity index is 0.000000386. The van der Waals surface area contributed by atoms with E-state index >= 15 is 0 Å². The van der Waals surface area contributed by atoms with Crippen molar-refractivity contribution in [3.8, 4) is 16.9 Å². The third-order valence-electron chi connectivity index (χ3n) is 6.44. The Morgan fingerprint density at radius 1 is 1.12 bits per heavy atom. The molecular weight excluding hydrogens is 544 g/mol. The Morgan fingerprint density at radius 3 is 2.47 bits per heavy atom. The first kappa shape index (κ1) is 32.2. The number of methoxy groups -OCH3 is 1. The lowest BCUT2D eigenvalue weighted by atomic mass is 10.0. The van der Waals surface area contributed by atoms with E-state index in [-0.39, 0.29) is 29.0 Å². The Bertz CT molecular complexity index is 1470. The third kappa shape index (κ3) is 9.63. The Hall–Kier alpha value is -5.32. The number of hydrogen-bond acceptors (Lipinski definition) is 9. The summed E-state index contributed by atoms with van der Waals surface area (Å²) < 4.78 is 5.66. The molecule has 2 aromatic heterocycles. The van der Waals surface area contributed by atoms with E-state index in [1.807, 2.05) is 61.3 Å². The fourth-order valence-electron chi connectivity index (χ4n) is 3.89. The number of rotatable bonds is 11. The number of carbonyl (C=O) groups excluding carboxylic acids is 2. The van der Waals surface area contributed by atoms with Gasteiger partial charge in [0.25, 0.3) is 5.91 Å². The molecule has 0 aliphatic heterocycles. The predicted molar refractivity (Wildman–Crippen MR) is 169 cm³/mol. The maximum Gasteiger partial charge on any atom is 0.269 e. The van der Waals surface area contributed by atoms with Crippen LogP contribution in [-0.2, 0) is 16.1 Å². The van der Waals surface area contributed by atoms with Gasteiger partial charge in [-0.2, -0.15) is 0 Å². The van der Waals surface area contributed by atoms with Gasteiger partial charge >= 0.3 is 0 Å². The summed E-state index contributed by atoms with van der Waals surface area (Å²) in [5.74, 6) is -0.0482. The van der Waals surface area contributed by atoms with Gasteiger partial charge < -0.3 is 37.1 Å². The summed E-state index contributed by atoms with van der Waals surface area (Å²) in [6.45, 7) is 6.39. The van der Waals surface area contributed by atoms with E-state index in [4.69, 9.17) is 16.2 Å². The van der Waals surface area contributed by atoms with Crippen molar-refractivity contribution in [3.05, 3.63) is 108 Å². The van der Waals surface area contributed by atoms with Crippen molar-refractivity contribution < 1.29 is 14.3 Å². The largest absolute Gasteiger partial charge is 0.494 e. The van der Waals surface area contributed by atoms with Crippen molar-refractivity contribution >= 4 is 17.5 Å². The van der Waals surface area contributed by atoms with Gasteiger partial charge in [0.15, 0.2) is 0 Å². The lowest BCUT2D eigenvalue weighted by molar-refractivity contribution is -0.121. The summed E-state index contributed by atoms with van der Waals surface area (Å²) in [5, 5.41) is 8.25. The average Bonchev–Trinajstić information content (AvgIpc) is 3.87. The molecule has 0 spiro atoms. The van der Waals surface area contributed by atoms with Crippen molar-refractivity contribution in [2.45, 2.75) is 26.3 Å². The molecule has 1 saturated carbocycles. The van der Waals surface area contributed by atoms with Gasteiger partial charge in [-0.25, -0.2) is 0 Å². The van der Waals surface area contributed by atoms with E-state index in [0.29, 0.717) is 11.4 Å². The predicted octanol–water partition coefficient (Wildman–Crippen LogP) is 3.38. The molecule has 1 aromatic carbocycles. The molecule has 1 fully saturated rings. The van der Waals surface area contributed by atoms with E-state index in [0.717, 1.165) is 41.9 Å². The normalized spacial score (nSPS) is 13.0. The number of likely N-dealkylation sites (N-methyl/N-ethyl adjacent to an activating group) is 1. The van der Waals surface area contributed by atoms with E-state index in [2.05, 4.69) is 32.5 Å². The second kappa shape index (κ2) is 15.6. The van der Waals surface area contributed by atoms with Gasteiger partial charge in [-0.05, 0) is 50.2 Å². The number of nitrogens with zero attached hydrogens (tertiary/aromatic N) is 3. The number of anilines is 1. The van der Waals surface area contributed by atoms with Gasteiger partial charge in [0, 0.05) is 55.3 Å². The molecule has 3 aromatic rings. The zero-order valence-corrected chi connectivity index (χ0v) is 25.1. The molecule has 0 unspecified atom stereocenters. The zero-order valence-electron chi connectivity index (χ0n) is 25.1. The molecule has 226 valence electrons. The number of nitrogens with one attached hydrogen (secondary N) is 3. The molecule has 0 radical (unpaired) electrons. The van der Waals surface area contributed by atoms with Crippen molar-refractivity contribution in [2.24, 2.45) is 17.4 Å². The highest BCUT2D eigenvalue weighted by molar-refractivity contribution is 5.94. The Morgan fingerprint density at radius 2 is 1.88 bits per heavy atom. The number of carbonyl (C=O) groups is 2. The standard InChI is InChI=1S/C23H28N6O3.C9H12N2/c1-13-7-8-15(12-27-13)16-5-4-6-17(21(16)32-3)28-18(20(25)23(31)26-2)11-19(24)29-22(30)14-9-10-14;1-3-11(2)8-9-6-4-5-7-10-9/h4-8,11-12,14,28H,9-10,24-25H2,1-3H3,(H,26,31)(H,29,30);3-7H,1,8H2,2H3/b19-11+,20-18+;. The molecule has 1 aliphatic carbocycles. The quantitative estimate of drug-likeness (QED) is 0.168. The van der Waals surface area contributed by atoms with E-state index in [1.165, 1.54) is 13.1 Å². The highest BCUT2D eigenvalue weighted by Crippen LogP contribution is 2.37. The lowest BCUT2D eigenvalue weighted by Gasteiger charge is -2.17. The van der Waals surface area contributed by atoms with Gasteiger partial charge in [0.05, 0.1) is 30.7 Å². The first-order chi connectivity index (χ1) is 20.7. The number of aromatic nitrogens is 2. The van der Waals surface area contributed by atoms with Crippen molar-refractivity contribution in [3.63, 3.8) is 0 Å². The van der Waals surface area contributed by atoms with Crippen LogP contribution in [0, 0.1) is 12.8 Å².